The molecule has 4 fully saturated rings. The Morgan fingerprint density at radius 1 is 0.900 bits per heavy atom. The number of nitrogens with two attached hydrogens (primary N) is 1. The highest BCUT2D eigenvalue weighted by atomic mass is 15.3. The summed E-state index contributed by atoms with van der Waals surface area (Å²) < 4.78 is 2.39. The second kappa shape index (κ2) is 4.06. The van der Waals surface area contributed by atoms with Crippen LogP contribution in [0.25, 0.3) is 0 Å². The highest BCUT2D eigenvalue weighted by molar-refractivity contribution is 5.14. The summed E-state index contributed by atoms with van der Waals surface area (Å²) in [5.74, 6) is 6.87. The molecule has 2 N–H and O–H groups in total. The zero-order chi connectivity index (χ0) is 13.3. The molecule has 0 aromatic carbocycles. The van der Waals surface area contributed by atoms with Crippen molar-refractivity contribution in [2.75, 3.05) is 0 Å². The summed E-state index contributed by atoms with van der Waals surface area (Å²) in [5, 5.41) is 9.09. The largest absolute Gasteiger partial charge is 0.321 e. The average Bonchev–Trinajstić information content (AvgIpc) is 2.83. The molecule has 0 amide bonds. The van der Waals surface area contributed by atoms with Crippen LogP contribution in [0.2, 0.25) is 0 Å². The highest BCUT2D eigenvalue weighted by Crippen LogP contribution is 2.59. The molecule has 2 heterocycles. The molecule has 4 nitrogen and oxygen atoms in total. The number of hydrogen-bond acceptors (Lipinski definition) is 3. The SMILES string of the molecule is NC1CCCn2c1nnc2C1C2CC3CC(C2)CC1C3. The van der Waals surface area contributed by atoms with E-state index in [4.69, 9.17) is 5.73 Å². The molecule has 4 bridgehead atoms. The van der Waals surface area contributed by atoms with Crippen molar-refractivity contribution < 1.29 is 0 Å². The van der Waals surface area contributed by atoms with Gasteiger partial charge in [0, 0.05) is 12.5 Å². The highest BCUT2D eigenvalue weighted by Gasteiger charge is 2.50. The van der Waals surface area contributed by atoms with E-state index in [1.54, 1.807) is 0 Å². The first kappa shape index (κ1) is 11.7. The van der Waals surface area contributed by atoms with Gasteiger partial charge in [0.15, 0.2) is 0 Å². The lowest BCUT2D eigenvalue weighted by Crippen LogP contribution is -2.44. The van der Waals surface area contributed by atoms with E-state index in [9.17, 15) is 0 Å². The van der Waals surface area contributed by atoms with Gasteiger partial charge in [-0.05, 0) is 68.6 Å². The van der Waals surface area contributed by atoms with Crippen molar-refractivity contribution in [2.45, 2.75) is 63.5 Å². The van der Waals surface area contributed by atoms with Crippen LogP contribution in [0.4, 0.5) is 0 Å². The molecule has 1 aromatic rings. The summed E-state index contributed by atoms with van der Waals surface area (Å²) in [7, 11) is 0. The van der Waals surface area contributed by atoms with E-state index in [-0.39, 0.29) is 6.04 Å². The normalized spacial score (nSPS) is 45.6. The molecule has 1 atom stereocenters. The molecule has 6 rings (SSSR count). The predicted molar refractivity (Wildman–Crippen MR) is 76.0 cm³/mol. The van der Waals surface area contributed by atoms with Crippen LogP contribution in [-0.4, -0.2) is 14.8 Å². The fourth-order valence-corrected chi connectivity index (χ4v) is 6.02. The number of aromatic nitrogens is 3. The lowest BCUT2D eigenvalue weighted by molar-refractivity contribution is -0.00709. The Bertz CT molecular complexity index is 507. The lowest BCUT2D eigenvalue weighted by Gasteiger charge is -2.54. The van der Waals surface area contributed by atoms with E-state index < -0.39 is 0 Å². The Hall–Kier alpha value is -0.900. The molecule has 108 valence electrons. The molecule has 5 aliphatic rings. The van der Waals surface area contributed by atoms with Gasteiger partial charge in [-0.1, -0.05) is 0 Å². The Labute approximate surface area is 120 Å². The molecule has 1 unspecified atom stereocenters. The summed E-state index contributed by atoms with van der Waals surface area (Å²) in [5.41, 5.74) is 6.21. The van der Waals surface area contributed by atoms with Gasteiger partial charge in [-0.15, -0.1) is 10.2 Å². The minimum atomic E-state index is 0.113. The predicted octanol–water partition coefficient (Wildman–Crippen LogP) is 2.61. The minimum absolute atomic E-state index is 0.113. The molecule has 20 heavy (non-hydrogen) atoms. The number of rotatable bonds is 1. The van der Waals surface area contributed by atoms with Crippen molar-refractivity contribution >= 4 is 0 Å². The molecule has 0 saturated heterocycles. The Balaban J connectivity index is 1.54. The third kappa shape index (κ3) is 1.51. The summed E-state index contributed by atoms with van der Waals surface area (Å²) in [6.45, 7) is 1.09. The molecule has 1 aliphatic heterocycles. The fraction of sp³-hybridized carbons (Fsp3) is 0.875. The van der Waals surface area contributed by atoms with E-state index in [0.29, 0.717) is 5.92 Å². The van der Waals surface area contributed by atoms with Gasteiger partial charge in [0.2, 0.25) is 0 Å². The van der Waals surface area contributed by atoms with E-state index >= 15 is 0 Å². The lowest BCUT2D eigenvalue weighted by atomic mass is 9.51. The van der Waals surface area contributed by atoms with Crippen LogP contribution >= 0.6 is 0 Å². The van der Waals surface area contributed by atoms with Crippen molar-refractivity contribution in [1.82, 2.24) is 14.8 Å². The van der Waals surface area contributed by atoms with Gasteiger partial charge < -0.3 is 10.3 Å². The quantitative estimate of drug-likeness (QED) is 0.855. The molecule has 4 saturated carbocycles. The first-order chi connectivity index (χ1) is 9.79. The first-order valence-electron chi connectivity index (χ1n) is 8.48. The topological polar surface area (TPSA) is 56.7 Å². The Kier molecular flexibility index (Phi) is 2.38. The maximum Gasteiger partial charge on any atom is 0.149 e. The number of hydrogen-bond donors (Lipinski definition) is 1. The molecule has 4 aliphatic carbocycles. The molecule has 4 heteroatoms. The number of fused-ring (bicyclic) bond motifs is 1. The zero-order valence-electron chi connectivity index (χ0n) is 12.0. The summed E-state index contributed by atoms with van der Waals surface area (Å²) in [4.78, 5) is 0. The van der Waals surface area contributed by atoms with Crippen molar-refractivity contribution in [3.63, 3.8) is 0 Å². The molecule has 0 radical (unpaired) electrons. The molecule has 0 spiro atoms. The fourth-order valence-electron chi connectivity index (χ4n) is 6.02. The van der Waals surface area contributed by atoms with E-state index in [1.165, 1.54) is 44.3 Å². The van der Waals surface area contributed by atoms with Crippen LogP contribution in [-0.2, 0) is 6.54 Å². The van der Waals surface area contributed by atoms with Gasteiger partial charge >= 0.3 is 0 Å². The standard InChI is InChI=1S/C16H24N4/c17-13-2-1-3-20-15(13)18-19-16(20)14-11-5-9-4-10(7-11)8-12(14)6-9/h9-14H,1-8,17H2. The van der Waals surface area contributed by atoms with Gasteiger partial charge in [0.1, 0.15) is 11.6 Å². The monoisotopic (exact) mass is 272 g/mol. The number of nitrogens with zero attached hydrogens (tertiary/aromatic N) is 3. The molecular weight excluding hydrogens is 248 g/mol. The second-order valence-corrected chi connectivity index (χ2v) is 7.77. The van der Waals surface area contributed by atoms with Gasteiger partial charge in [-0.25, -0.2) is 0 Å². The molecule has 1 aromatic heterocycles. The average molecular weight is 272 g/mol. The van der Waals surface area contributed by atoms with Gasteiger partial charge in [-0.2, -0.15) is 0 Å². The van der Waals surface area contributed by atoms with Crippen molar-refractivity contribution in [1.29, 1.82) is 0 Å². The first-order valence-corrected chi connectivity index (χ1v) is 8.48. The van der Waals surface area contributed by atoms with Crippen LogP contribution in [0, 0.1) is 23.7 Å². The van der Waals surface area contributed by atoms with Crippen molar-refractivity contribution in [2.24, 2.45) is 29.4 Å². The third-order valence-electron chi connectivity index (χ3n) is 6.56. The van der Waals surface area contributed by atoms with E-state index in [0.717, 1.165) is 42.5 Å². The zero-order valence-corrected chi connectivity index (χ0v) is 12.0. The van der Waals surface area contributed by atoms with Gasteiger partial charge in [0.05, 0.1) is 6.04 Å². The second-order valence-electron chi connectivity index (χ2n) is 7.77. The maximum absolute atomic E-state index is 6.21. The summed E-state index contributed by atoms with van der Waals surface area (Å²) in [6, 6.07) is 0.113. The van der Waals surface area contributed by atoms with Crippen molar-refractivity contribution in [3.05, 3.63) is 11.6 Å². The van der Waals surface area contributed by atoms with E-state index in [2.05, 4.69) is 14.8 Å². The van der Waals surface area contributed by atoms with Crippen LogP contribution in [0.1, 0.15) is 68.6 Å². The van der Waals surface area contributed by atoms with Crippen LogP contribution in [0.5, 0.6) is 0 Å². The van der Waals surface area contributed by atoms with Crippen LogP contribution in [0.15, 0.2) is 0 Å². The van der Waals surface area contributed by atoms with Gasteiger partial charge in [-0.3, -0.25) is 0 Å². The van der Waals surface area contributed by atoms with Crippen LogP contribution in [0.3, 0.4) is 0 Å². The van der Waals surface area contributed by atoms with Gasteiger partial charge in [0.25, 0.3) is 0 Å². The Morgan fingerprint density at radius 3 is 2.25 bits per heavy atom. The Morgan fingerprint density at radius 2 is 1.55 bits per heavy atom. The summed E-state index contributed by atoms with van der Waals surface area (Å²) >= 11 is 0. The summed E-state index contributed by atoms with van der Waals surface area (Å²) in [6.07, 6.45) is 9.57. The maximum atomic E-state index is 6.21. The molecular formula is C16H24N4. The third-order valence-corrected chi connectivity index (χ3v) is 6.56. The smallest absolute Gasteiger partial charge is 0.149 e. The minimum Gasteiger partial charge on any atom is -0.321 e. The van der Waals surface area contributed by atoms with E-state index in [1.807, 2.05) is 0 Å². The van der Waals surface area contributed by atoms with Crippen LogP contribution < -0.4 is 5.73 Å². The van der Waals surface area contributed by atoms with Crippen molar-refractivity contribution in [3.8, 4) is 0 Å².